The number of rotatable bonds is 9. The van der Waals surface area contributed by atoms with Crippen molar-refractivity contribution in [3.05, 3.63) is 42.9 Å². The second kappa shape index (κ2) is 11.5. The summed E-state index contributed by atoms with van der Waals surface area (Å²) in [6, 6.07) is 2.82. The van der Waals surface area contributed by atoms with Crippen LogP contribution in [0.3, 0.4) is 0 Å². The highest BCUT2D eigenvalue weighted by molar-refractivity contribution is 5.82. The molecule has 0 bridgehead atoms. The normalized spacial score (nSPS) is 10.2. The lowest BCUT2D eigenvalue weighted by Crippen LogP contribution is -2.23. The summed E-state index contributed by atoms with van der Waals surface area (Å²) in [5, 5.41) is 9.86. The van der Waals surface area contributed by atoms with E-state index in [0.29, 0.717) is 0 Å². The number of furan rings is 1. The molecule has 2 rings (SSSR count). The van der Waals surface area contributed by atoms with E-state index in [1.165, 1.54) is 69.9 Å². The lowest BCUT2D eigenvalue weighted by Gasteiger charge is -1.99. The van der Waals surface area contributed by atoms with Crippen molar-refractivity contribution < 1.29 is 18.9 Å². The average Bonchev–Trinajstić information content (AvgIpc) is 3.19. The maximum atomic E-state index is 9.86. The third kappa shape index (κ3) is 8.86. The van der Waals surface area contributed by atoms with E-state index < -0.39 is 5.97 Å². The number of aromatic carboxylic acids is 1. The van der Waals surface area contributed by atoms with Crippen LogP contribution in [0.2, 0.25) is 0 Å². The lowest BCUT2D eigenvalue weighted by atomic mass is 10.1. The van der Waals surface area contributed by atoms with Gasteiger partial charge in [-0.2, -0.15) is 0 Å². The quantitative estimate of drug-likeness (QED) is 0.527. The molecule has 128 valence electrons. The highest BCUT2D eigenvalue weighted by atomic mass is 16.4. The number of carbonyl (C=O) groups excluding carboxylic acids is 1. The highest BCUT2D eigenvalue weighted by Crippen LogP contribution is 2.07. The molecular formula is C18H28N2O3. The van der Waals surface area contributed by atoms with Gasteiger partial charge in [0.25, 0.3) is 0 Å². The molecular weight excluding hydrogens is 292 g/mol. The van der Waals surface area contributed by atoms with Crippen molar-refractivity contribution >= 4 is 5.97 Å². The maximum absolute atomic E-state index is 9.86. The molecule has 23 heavy (non-hydrogen) atoms. The predicted octanol–water partition coefficient (Wildman–Crippen LogP) is 2.71. The molecule has 2 aromatic rings. The molecule has 5 nitrogen and oxygen atoms in total. The summed E-state index contributed by atoms with van der Waals surface area (Å²) in [4.78, 5) is 9.86. The van der Waals surface area contributed by atoms with E-state index in [1.54, 1.807) is 0 Å². The minimum atomic E-state index is -1.28. The first-order valence-electron chi connectivity index (χ1n) is 8.39. The van der Waals surface area contributed by atoms with Crippen LogP contribution < -0.4 is 9.67 Å². The fourth-order valence-electron chi connectivity index (χ4n) is 2.28. The summed E-state index contributed by atoms with van der Waals surface area (Å²) in [5.74, 6) is -1.42. The number of carbonyl (C=O) groups is 1. The van der Waals surface area contributed by atoms with Gasteiger partial charge < -0.3 is 14.3 Å². The largest absolute Gasteiger partial charge is 0.542 e. The van der Waals surface area contributed by atoms with Crippen molar-refractivity contribution in [2.24, 2.45) is 7.05 Å². The molecule has 0 saturated heterocycles. The molecule has 0 aromatic carbocycles. The molecule has 0 saturated carbocycles. The number of unbranched alkanes of at least 4 members (excludes halogenated alkanes) is 6. The van der Waals surface area contributed by atoms with Crippen LogP contribution in [0.5, 0.6) is 0 Å². The van der Waals surface area contributed by atoms with Crippen molar-refractivity contribution in [3.8, 4) is 0 Å². The van der Waals surface area contributed by atoms with Gasteiger partial charge in [0.2, 0.25) is 6.33 Å². The van der Waals surface area contributed by atoms with Crippen LogP contribution in [0.4, 0.5) is 0 Å². The molecule has 0 unspecified atom stereocenters. The third-order valence-electron chi connectivity index (χ3n) is 3.57. The number of nitrogens with zero attached hydrogens (tertiary/aromatic N) is 2. The zero-order chi connectivity index (χ0) is 16.9. The second-order valence-electron chi connectivity index (χ2n) is 5.70. The Labute approximate surface area is 138 Å². The SMILES string of the molecule is CCCCCCCCCn1cc[n+](C)c1.O=C([O-])c1ccco1. The van der Waals surface area contributed by atoms with Crippen LogP contribution in [0.15, 0.2) is 41.5 Å². The molecule has 0 atom stereocenters. The van der Waals surface area contributed by atoms with Gasteiger partial charge >= 0.3 is 0 Å². The number of aryl methyl sites for hydroxylation is 2. The molecule has 0 fully saturated rings. The maximum Gasteiger partial charge on any atom is 0.243 e. The average molecular weight is 320 g/mol. The van der Waals surface area contributed by atoms with Crippen LogP contribution >= 0.6 is 0 Å². The number of carboxylic acid groups (broad SMARTS) is 1. The van der Waals surface area contributed by atoms with Crippen LogP contribution in [-0.2, 0) is 13.6 Å². The van der Waals surface area contributed by atoms with E-state index in [9.17, 15) is 9.90 Å². The van der Waals surface area contributed by atoms with Gasteiger partial charge in [-0.15, -0.1) is 0 Å². The highest BCUT2D eigenvalue weighted by Gasteiger charge is 1.98. The monoisotopic (exact) mass is 320 g/mol. The van der Waals surface area contributed by atoms with Crippen molar-refractivity contribution in [1.82, 2.24) is 4.57 Å². The van der Waals surface area contributed by atoms with Crippen LogP contribution in [0.25, 0.3) is 0 Å². The molecule has 2 aromatic heterocycles. The van der Waals surface area contributed by atoms with E-state index >= 15 is 0 Å². The van der Waals surface area contributed by atoms with E-state index in [4.69, 9.17) is 0 Å². The first-order valence-corrected chi connectivity index (χ1v) is 8.39. The Morgan fingerprint density at radius 3 is 2.39 bits per heavy atom. The van der Waals surface area contributed by atoms with E-state index in [-0.39, 0.29) is 5.76 Å². The number of carboxylic acids is 1. The molecule has 0 aliphatic rings. The molecule has 0 spiro atoms. The Morgan fingerprint density at radius 2 is 1.91 bits per heavy atom. The van der Waals surface area contributed by atoms with Gasteiger partial charge in [0.1, 0.15) is 24.1 Å². The van der Waals surface area contributed by atoms with Gasteiger partial charge in [0.15, 0.2) is 0 Å². The smallest absolute Gasteiger partial charge is 0.243 e. The number of imidazole rings is 1. The summed E-state index contributed by atoms with van der Waals surface area (Å²) < 4.78 is 8.80. The minimum absolute atomic E-state index is 0.134. The molecule has 0 aliphatic carbocycles. The number of aromatic nitrogens is 2. The summed E-state index contributed by atoms with van der Waals surface area (Å²) >= 11 is 0. The van der Waals surface area contributed by atoms with E-state index in [2.05, 4.69) is 46.2 Å². The van der Waals surface area contributed by atoms with Crippen LogP contribution in [-0.4, -0.2) is 10.5 Å². The molecule has 5 heteroatoms. The fourth-order valence-corrected chi connectivity index (χ4v) is 2.28. The topological polar surface area (TPSA) is 62.1 Å². The predicted molar refractivity (Wildman–Crippen MR) is 86.6 cm³/mol. The van der Waals surface area contributed by atoms with E-state index in [0.717, 1.165) is 0 Å². The van der Waals surface area contributed by atoms with Crippen molar-refractivity contribution in [1.29, 1.82) is 0 Å². The Balaban J connectivity index is 0.000000277. The zero-order valence-corrected chi connectivity index (χ0v) is 14.2. The summed E-state index contributed by atoms with van der Waals surface area (Å²) in [6.45, 7) is 3.45. The Bertz CT molecular complexity index is 532. The molecule has 2 heterocycles. The van der Waals surface area contributed by atoms with Gasteiger partial charge in [-0.25, -0.2) is 9.13 Å². The third-order valence-corrected chi connectivity index (χ3v) is 3.57. The van der Waals surface area contributed by atoms with Crippen LogP contribution in [0, 0.1) is 0 Å². The molecule has 0 N–H and O–H groups in total. The van der Waals surface area contributed by atoms with Gasteiger partial charge in [0.05, 0.1) is 19.9 Å². The van der Waals surface area contributed by atoms with Crippen molar-refractivity contribution in [2.75, 3.05) is 0 Å². The van der Waals surface area contributed by atoms with Gasteiger partial charge in [-0.3, -0.25) is 0 Å². The molecule has 0 aliphatic heterocycles. The van der Waals surface area contributed by atoms with Gasteiger partial charge in [-0.1, -0.05) is 39.0 Å². The zero-order valence-electron chi connectivity index (χ0n) is 14.2. The van der Waals surface area contributed by atoms with Crippen molar-refractivity contribution in [3.63, 3.8) is 0 Å². The fraction of sp³-hybridized carbons (Fsp3) is 0.556. The minimum Gasteiger partial charge on any atom is -0.542 e. The van der Waals surface area contributed by atoms with Crippen molar-refractivity contribution in [2.45, 2.75) is 58.4 Å². The lowest BCUT2D eigenvalue weighted by molar-refractivity contribution is -0.671. The summed E-state index contributed by atoms with van der Waals surface area (Å²) in [6.07, 6.45) is 17.4. The van der Waals surface area contributed by atoms with Crippen LogP contribution in [0.1, 0.15) is 62.4 Å². The standard InChI is InChI=1S/C13H25N2.C5H4O3/c1-3-4-5-6-7-8-9-10-15-12-11-14(2)13-15;6-5(7)4-2-1-3-8-4/h11-13H,3-10H2,1-2H3;1-3H,(H,6,7)/q+1;/p-1. The first kappa shape index (κ1) is 19.0. The Morgan fingerprint density at radius 1 is 1.22 bits per heavy atom. The molecule has 0 radical (unpaired) electrons. The Kier molecular flexibility index (Phi) is 9.52. The molecule has 0 amide bonds. The van der Waals surface area contributed by atoms with E-state index in [1.807, 2.05) is 0 Å². The van der Waals surface area contributed by atoms with Gasteiger partial charge in [0, 0.05) is 0 Å². The first-order chi connectivity index (χ1) is 11.1. The Hall–Kier alpha value is -2.04. The summed E-state index contributed by atoms with van der Waals surface area (Å²) in [7, 11) is 2.07. The summed E-state index contributed by atoms with van der Waals surface area (Å²) in [5.41, 5.74) is 0. The number of hydrogen-bond donors (Lipinski definition) is 0. The number of hydrogen-bond acceptors (Lipinski definition) is 3. The second-order valence-corrected chi connectivity index (χ2v) is 5.70. The van der Waals surface area contributed by atoms with Gasteiger partial charge in [-0.05, 0) is 25.0 Å².